The second-order valence-corrected chi connectivity index (χ2v) is 9.92. The molecule has 1 amide bonds. The predicted octanol–water partition coefficient (Wildman–Crippen LogP) is 3.89. The quantitative estimate of drug-likeness (QED) is 0.551. The molecule has 0 aliphatic heterocycles. The minimum absolute atomic E-state index is 0.143. The number of carbonyl (C=O) groups is 1. The molecule has 2 N–H and O–H groups in total. The van der Waals surface area contributed by atoms with E-state index < -0.39 is 32.7 Å². The van der Waals surface area contributed by atoms with E-state index in [1.54, 1.807) is 12.1 Å². The van der Waals surface area contributed by atoms with E-state index in [1.165, 1.54) is 30.4 Å². The highest BCUT2D eigenvalue weighted by Gasteiger charge is 2.24. The fourth-order valence-corrected chi connectivity index (χ4v) is 5.03. The first-order valence-electron chi connectivity index (χ1n) is 8.94. The summed E-state index contributed by atoms with van der Waals surface area (Å²) in [7, 11) is -4.17. The first-order chi connectivity index (χ1) is 14.2. The summed E-state index contributed by atoms with van der Waals surface area (Å²) in [5, 5.41) is 3.96. The van der Waals surface area contributed by atoms with Crippen molar-refractivity contribution in [2.75, 3.05) is 0 Å². The number of hydrogen-bond acceptors (Lipinski definition) is 5. The number of amides is 1. The molecular formula is C20H19ClFN3O3S2. The third-order valence-corrected chi connectivity index (χ3v) is 7.02. The number of thiazole rings is 1. The molecule has 158 valence electrons. The summed E-state index contributed by atoms with van der Waals surface area (Å²) in [6.45, 7) is 3.46. The molecule has 0 saturated carbocycles. The lowest BCUT2D eigenvalue weighted by Crippen LogP contribution is -2.44. The van der Waals surface area contributed by atoms with Gasteiger partial charge in [-0.15, -0.1) is 11.3 Å². The van der Waals surface area contributed by atoms with Gasteiger partial charge in [0.05, 0.1) is 18.3 Å². The number of aryl methyl sites for hydroxylation is 1. The van der Waals surface area contributed by atoms with Gasteiger partial charge < -0.3 is 5.32 Å². The van der Waals surface area contributed by atoms with Crippen molar-refractivity contribution in [1.29, 1.82) is 0 Å². The fourth-order valence-electron chi connectivity index (χ4n) is 2.73. The standard InChI is InChI=1S/C20H19ClFN3O3S2/c1-12(25-30(27,28)17-6-4-3-5-16(17)22)20(26)23-11-18-24-19(13(2)29-18)14-7-9-15(21)10-8-14/h3-10,12,25H,11H2,1-2H3,(H,23,26)/t12-/m0/s1. The van der Waals surface area contributed by atoms with Gasteiger partial charge in [0.25, 0.3) is 0 Å². The zero-order chi connectivity index (χ0) is 21.9. The Balaban J connectivity index is 1.63. The zero-order valence-corrected chi connectivity index (χ0v) is 18.5. The molecule has 6 nitrogen and oxygen atoms in total. The Labute approximate surface area is 183 Å². The highest BCUT2D eigenvalue weighted by molar-refractivity contribution is 7.89. The van der Waals surface area contributed by atoms with Crippen LogP contribution in [-0.2, 0) is 21.4 Å². The smallest absolute Gasteiger partial charge is 0.244 e. The van der Waals surface area contributed by atoms with E-state index in [2.05, 4.69) is 15.0 Å². The molecule has 10 heteroatoms. The number of sulfonamides is 1. The predicted molar refractivity (Wildman–Crippen MR) is 115 cm³/mol. The van der Waals surface area contributed by atoms with Gasteiger partial charge in [0, 0.05) is 15.5 Å². The summed E-state index contributed by atoms with van der Waals surface area (Å²) >= 11 is 7.35. The highest BCUT2D eigenvalue weighted by Crippen LogP contribution is 2.28. The summed E-state index contributed by atoms with van der Waals surface area (Å²) in [6.07, 6.45) is 0. The number of nitrogens with zero attached hydrogens (tertiary/aromatic N) is 1. The van der Waals surface area contributed by atoms with Gasteiger partial charge in [-0.2, -0.15) is 4.72 Å². The van der Waals surface area contributed by atoms with Crippen LogP contribution in [0, 0.1) is 12.7 Å². The molecule has 0 aliphatic rings. The van der Waals surface area contributed by atoms with E-state index in [1.807, 2.05) is 19.1 Å². The topological polar surface area (TPSA) is 88.2 Å². The summed E-state index contributed by atoms with van der Waals surface area (Å²) in [5.74, 6) is -1.43. The van der Waals surface area contributed by atoms with Crippen molar-refractivity contribution in [1.82, 2.24) is 15.0 Å². The van der Waals surface area contributed by atoms with Crippen LogP contribution in [0.5, 0.6) is 0 Å². The summed E-state index contributed by atoms with van der Waals surface area (Å²) < 4.78 is 40.6. The van der Waals surface area contributed by atoms with Gasteiger partial charge in [-0.25, -0.2) is 17.8 Å². The molecule has 30 heavy (non-hydrogen) atoms. The van der Waals surface area contributed by atoms with Crippen LogP contribution in [0.15, 0.2) is 53.4 Å². The van der Waals surface area contributed by atoms with Crippen molar-refractivity contribution in [3.63, 3.8) is 0 Å². The molecule has 0 saturated heterocycles. The average Bonchev–Trinajstić information content (AvgIpc) is 3.07. The Bertz CT molecular complexity index is 1160. The molecule has 3 aromatic rings. The van der Waals surface area contributed by atoms with Gasteiger partial charge >= 0.3 is 0 Å². The molecule has 0 aliphatic carbocycles. The van der Waals surface area contributed by atoms with Gasteiger partial charge in [-0.3, -0.25) is 4.79 Å². The van der Waals surface area contributed by atoms with E-state index in [0.717, 1.165) is 28.3 Å². The maximum atomic E-state index is 13.8. The van der Waals surface area contributed by atoms with Crippen molar-refractivity contribution < 1.29 is 17.6 Å². The SMILES string of the molecule is Cc1sc(CNC(=O)[C@H](C)NS(=O)(=O)c2ccccc2F)nc1-c1ccc(Cl)cc1. The summed E-state index contributed by atoms with van der Waals surface area (Å²) in [6, 6.07) is 11.2. The van der Waals surface area contributed by atoms with Gasteiger partial charge in [0.15, 0.2) is 0 Å². The number of halogens is 2. The zero-order valence-electron chi connectivity index (χ0n) is 16.1. The first-order valence-corrected chi connectivity index (χ1v) is 11.6. The molecule has 0 unspecified atom stereocenters. The number of aromatic nitrogens is 1. The monoisotopic (exact) mass is 467 g/mol. The maximum absolute atomic E-state index is 13.8. The minimum Gasteiger partial charge on any atom is -0.348 e. The van der Waals surface area contributed by atoms with Crippen LogP contribution >= 0.6 is 22.9 Å². The molecule has 0 radical (unpaired) electrons. The Hall–Kier alpha value is -2.33. The first kappa shape index (κ1) is 22.4. The van der Waals surface area contributed by atoms with Crippen LogP contribution in [0.1, 0.15) is 16.8 Å². The van der Waals surface area contributed by atoms with E-state index in [9.17, 15) is 17.6 Å². The second kappa shape index (κ2) is 9.22. The fraction of sp³-hybridized carbons (Fsp3) is 0.200. The normalized spacial score (nSPS) is 12.5. The lowest BCUT2D eigenvalue weighted by atomic mass is 10.1. The van der Waals surface area contributed by atoms with Crippen molar-refractivity contribution in [3.8, 4) is 11.3 Å². The lowest BCUT2D eigenvalue weighted by Gasteiger charge is -2.14. The van der Waals surface area contributed by atoms with Crippen LogP contribution in [0.25, 0.3) is 11.3 Å². The third kappa shape index (κ3) is 5.23. The van der Waals surface area contributed by atoms with Gasteiger partial charge in [-0.1, -0.05) is 35.9 Å². The lowest BCUT2D eigenvalue weighted by molar-refractivity contribution is -0.122. The Morgan fingerprint density at radius 1 is 1.20 bits per heavy atom. The largest absolute Gasteiger partial charge is 0.348 e. The summed E-state index contributed by atoms with van der Waals surface area (Å²) in [4.78, 5) is 17.4. The van der Waals surface area contributed by atoms with Gasteiger partial charge in [0.1, 0.15) is 15.7 Å². The maximum Gasteiger partial charge on any atom is 0.244 e. The van der Waals surface area contributed by atoms with Crippen LogP contribution in [0.4, 0.5) is 4.39 Å². The van der Waals surface area contributed by atoms with E-state index in [-0.39, 0.29) is 6.54 Å². The van der Waals surface area contributed by atoms with E-state index in [4.69, 9.17) is 11.6 Å². The van der Waals surface area contributed by atoms with Crippen molar-refractivity contribution in [2.45, 2.75) is 31.3 Å². The second-order valence-electron chi connectivity index (χ2n) is 6.51. The van der Waals surface area contributed by atoms with E-state index in [0.29, 0.717) is 10.0 Å². The average molecular weight is 468 g/mol. The number of hydrogen-bond donors (Lipinski definition) is 2. The van der Waals surface area contributed by atoms with Crippen molar-refractivity contribution in [3.05, 3.63) is 69.3 Å². The summed E-state index contributed by atoms with van der Waals surface area (Å²) in [5.41, 5.74) is 1.71. The number of benzene rings is 2. The Kier molecular flexibility index (Phi) is 6.87. The molecule has 0 bridgehead atoms. The molecule has 2 aromatic carbocycles. The minimum atomic E-state index is -4.17. The molecule has 1 heterocycles. The number of rotatable bonds is 7. The van der Waals surface area contributed by atoms with Crippen LogP contribution in [-0.4, -0.2) is 25.4 Å². The number of carbonyl (C=O) groups excluding carboxylic acids is 1. The van der Waals surface area contributed by atoms with Crippen LogP contribution in [0.2, 0.25) is 5.02 Å². The molecule has 0 fully saturated rings. The number of nitrogens with one attached hydrogen (secondary N) is 2. The van der Waals surface area contributed by atoms with Gasteiger partial charge in [-0.05, 0) is 38.1 Å². The molecular weight excluding hydrogens is 449 g/mol. The molecule has 0 spiro atoms. The van der Waals surface area contributed by atoms with Crippen molar-refractivity contribution in [2.24, 2.45) is 0 Å². The van der Waals surface area contributed by atoms with Gasteiger partial charge in [0.2, 0.25) is 15.9 Å². The molecule has 3 rings (SSSR count). The molecule has 1 atom stereocenters. The van der Waals surface area contributed by atoms with Crippen LogP contribution < -0.4 is 10.0 Å². The Morgan fingerprint density at radius 3 is 2.53 bits per heavy atom. The van der Waals surface area contributed by atoms with Crippen molar-refractivity contribution >= 4 is 38.9 Å². The van der Waals surface area contributed by atoms with Crippen LogP contribution in [0.3, 0.4) is 0 Å². The van der Waals surface area contributed by atoms with E-state index >= 15 is 0 Å². The Morgan fingerprint density at radius 2 is 1.87 bits per heavy atom. The third-order valence-electron chi connectivity index (χ3n) is 4.22. The highest BCUT2D eigenvalue weighted by atomic mass is 35.5. The molecule has 1 aromatic heterocycles.